The molecule has 1 N–H and O–H groups in total. The molecule has 1 aromatic heterocycles. The lowest BCUT2D eigenvalue weighted by Crippen LogP contribution is -1.97. The molecule has 1 atom stereocenters. The largest absolute Gasteiger partial charge is 0.386 e. The highest BCUT2D eigenvalue weighted by atomic mass is 16.3. The molecule has 58 valence electrons. The molecule has 0 fully saturated rings. The lowest BCUT2D eigenvalue weighted by atomic mass is 10.2. The highest BCUT2D eigenvalue weighted by Crippen LogP contribution is 2.12. The predicted molar refractivity (Wildman–Crippen MR) is 44.0 cm³/mol. The van der Waals surface area contributed by atoms with E-state index in [1.807, 2.05) is 12.1 Å². The second kappa shape index (κ2) is 3.88. The van der Waals surface area contributed by atoms with Gasteiger partial charge in [0.05, 0.1) is 11.8 Å². The Morgan fingerprint density at radius 3 is 3.00 bits per heavy atom. The molecule has 11 heavy (non-hydrogen) atoms. The van der Waals surface area contributed by atoms with Crippen LogP contribution in [0, 0.1) is 0 Å². The van der Waals surface area contributed by atoms with Gasteiger partial charge in [-0.05, 0) is 18.6 Å². The van der Waals surface area contributed by atoms with Gasteiger partial charge in [0.15, 0.2) is 0 Å². The highest BCUT2D eigenvalue weighted by Gasteiger charge is 2.03. The molecule has 0 radical (unpaired) electrons. The zero-order valence-electron chi connectivity index (χ0n) is 6.27. The molecular weight excluding hydrogens is 138 g/mol. The summed E-state index contributed by atoms with van der Waals surface area (Å²) in [5.74, 6) is 0. The Balaban J connectivity index is 2.68. The van der Waals surface area contributed by atoms with Crippen LogP contribution in [0.2, 0.25) is 0 Å². The minimum Gasteiger partial charge on any atom is -0.386 e. The Hall–Kier alpha value is -1.15. The summed E-state index contributed by atoms with van der Waals surface area (Å²) in [6, 6.07) is 5.48. The molecule has 0 saturated heterocycles. The molecule has 0 aliphatic rings. The molecule has 2 heteroatoms. The highest BCUT2D eigenvalue weighted by molar-refractivity contribution is 5.07. The quantitative estimate of drug-likeness (QED) is 0.663. The molecule has 0 saturated carbocycles. The van der Waals surface area contributed by atoms with Crippen molar-refractivity contribution in [3.63, 3.8) is 0 Å². The average Bonchev–Trinajstić information content (AvgIpc) is 2.07. The van der Waals surface area contributed by atoms with Gasteiger partial charge >= 0.3 is 0 Å². The smallest absolute Gasteiger partial charge is 0.0993 e. The molecule has 0 aliphatic carbocycles. The summed E-state index contributed by atoms with van der Waals surface area (Å²) in [6.45, 7) is 3.54. The zero-order chi connectivity index (χ0) is 8.10. The van der Waals surface area contributed by atoms with E-state index >= 15 is 0 Å². The summed E-state index contributed by atoms with van der Waals surface area (Å²) >= 11 is 0. The predicted octanol–water partition coefficient (Wildman–Crippen LogP) is 1.69. The molecule has 1 rings (SSSR count). The number of rotatable bonds is 3. The monoisotopic (exact) mass is 149 g/mol. The van der Waals surface area contributed by atoms with Crippen molar-refractivity contribution in [1.82, 2.24) is 4.98 Å². The van der Waals surface area contributed by atoms with Gasteiger partial charge in [-0.15, -0.1) is 6.58 Å². The first-order valence-corrected chi connectivity index (χ1v) is 3.54. The molecule has 0 spiro atoms. The van der Waals surface area contributed by atoms with Gasteiger partial charge in [-0.3, -0.25) is 4.98 Å². The number of nitrogens with zero attached hydrogens (tertiary/aromatic N) is 1. The maximum atomic E-state index is 9.39. The van der Waals surface area contributed by atoms with Crippen LogP contribution >= 0.6 is 0 Å². The standard InChI is InChI=1S/C9H11NO/c1-2-5-9(11)8-6-3-4-7-10-8/h2-4,6-7,9,11H,1,5H2/t9-/m1/s1. The van der Waals surface area contributed by atoms with Crippen LogP contribution in [0.5, 0.6) is 0 Å². The van der Waals surface area contributed by atoms with E-state index < -0.39 is 6.10 Å². The van der Waals surface area contributed by atoms with Gasteiger partial charge in [-0.2, -0.15) is 0 Å². The second-order valence-electron chi connectivity index (χ2n) is 2.29. The van der Waals surface area contributed by atoms with Crippen LogP contribution in [0.4, 0.5) is 0 Å². The van der Waals surface area contributed by atoms with Crippen molar-refractivity contribution in [2.24, 2.45) is 0 Å². The van der Waals surface area contributed by atoms with Gasteiger partial charge in [-0.1, -0.05) is 12.1 Å². The number of hydrogen-bond acceptors (Lipinski definition) is 2. The van der Waals surface area contributed by atoms with E-state index in [9.17, 15) is 5.11 Å². The second-order valence-corrected chi connectivity index (χ2v) is 2.29. The summed E-state index contributed by atoms with van der Waals surface area (Å²) in [4.78, 5) is 4.00. The number of aliphatic hydroxyl groups is 1. The van der Waals surface area contributed by atoms with Crippen LogP contribution in [-0.4, -0.2) is 10.1 Å². The first-order valence-electron chi connectivity index (χ1n) is 3.54. The fraction of sp³-hybridized carbons (Fsp3) is 0.222. The van der Waals surface area contributed by atoms with Gasteiger partial charge in [0.25, 0.3) is 0 Å². The Bertz CT molecular complexity index is 220. The molecule has 0 bridgehead atoms. The fourth-order valence-corrected chi connectivity index (χ4v) is 0.852. The van der Waals surface area contributed by atoms with Crippen LogP contribution in [0.3, 0.4) is 0 Å². The van der Waals surface area contributed by atoms with Crippen LogP contribution in [-0.2, 0) is 0 Å². The summed E-state index contributed by atoms with van der Waals surface area (Å²) in [7, 11) is 0. The van der Waals surface area contributed by atoms with Gasteiger partial charge in [0.2, 0.25) is 0 Å². The number of pyridine rings is 1. The van der Waals surface area contributed by atoms with Crippen molar-refractivity contribution < 1.29 is 5.11 Å². The van der Waals surface area contributed by atoms with Gasteiger partial charge in [-0.25, -0.2) is 0 Å². The van der Waals surface area contributed by atoms with Gasteiger partial charge < -0.3 is 5.11 Å². The van der Waals surface area contributed by atoms with E-state index in [-0.39, 0.29) is 0 Å². The molecule has 2 nitrogen and oxygen atoms in total. The SMILES string of the molecule is C=CC[C@@H](O)c1ccccn1. The summed E-state index contributed by atoms with van der Waals surface area (Å²) in [5.41, 5.74) is 0.701. The first-order chi connectivity index (χ1) is 5.34. The number of hydrogen-bond donors (Lipinski definition) is 1. The van der Waals surface area contributed by atoms with E-state index in [0.29, 0.717) is 12.1 Å². The molecule has 1 heterocycles. The number of aliphatic hydroxyl groups excluding tert-OH is 1. The van der Waals surface area contributed by atoms with Crippen LogP contribution in [0.15, 0.2) is 37.1 Å². The molecule has 1 aromatic rings. The van der Waals surface area contributed by atoms with Crippen molar-refractivity contribution in [3.8, 4) is 0 Å². The van der Waals surface area contributed by atoms with E-state index in [1.54, 1.807) is 18.3 Å². The summed E-state index contributed by atoms with van der Waals surface area (Å²) in [5, 5.41) is 9.39. The van der Waals surface area contributed by atoms with E-state index in [0.717, 1.165) is 0 Å². The Morgan fingerprint density at radius 2 is 2.45 bits per heavy atom. The Labute approximate surface area is 66.2 Å². The lowest BCUT2D eigenvalue weighted by molar-refractivity contribution is 0.177. The van der Waals surface area contributed by atoms with Crippen molar-refractivity contribution >= 4 is 0 Å². The van der Waals surface area contributed by atoms with Crippen LogP contribution in [0.1, 0.15) is 18.2 Å². The van der Waals surface area contributed by atoms with Gasteiger partial charge in [0, 0.05) is 6.20 Å². The molecule has 0 unspecified atom stereocenters. The average molecular weight is 149 g/mol. The lowest BCUT2D eigenvalue weighted by Gasteiger charge is -2.05. The molecule has 0 aliphatic heterocycles. The van der Waals surface area contributed by atoms with E-state index in [2.05, 4.69) is 11.6 Å². The summed E-state index contributed by atoms with van der Waals surface area (Å²) < 4.78 is 0. The third kappa shape index (κ3) is 2.16. The molecule has 0 aromatic carbocycles. The third-order valence-electron chi connectivity index (χ3n) is 1.42. The normalized spacial score (nSPS) is 12.5. The fourth-order valence-electron chi connectivity index (χ4n) is 0.852. The van der Waals surface area contributed by atoms with Gasteiger partial charge in [0.1, 0.15) is 0 Å². The van der Waals surface area contributed by atoms with E-state index in [1.165, 1.54) is 0 Å². The van der Waals surface area contributed by atoms with Crippen molar-refractivity contribution in [3.05, 3.63) is 42.7 Å². The maximum absolute atomic E-state index is 9.39. The van der Waals surface area contributed by atoms with E-state index in [4.69, 9.17) is 0 Å². The molecular formula is C9H11NO. The number of aromatic nitrogens is 1. The minimum absolute atomic E-state index is 0.506. The molecule has 0 amide bonds. The third-order valence-corrected chi connectivity index (χ3v) is 1.42. The van der Waals surface area contributed by atoms with Crippen molar-refractivity contribution in [1.29, 1.82) is 0 Å². The summed E-state index contributed by atoms with van der Waals surface area (Å²) in [6.07, 6.45) is 3.39. The zero-order valence-corrected chi connectivity index (χ0v) is 6.27. The Kier molecular flexibility index (Phi) is 2.81. The van der Waals surface area contributed by atoms with Crippen LogP contribution in [0.25, 0.3) is 0 Å². The minimum atomic E-state index is -0.506. The maximum Gasteiger partial charge on any atom is 0.0993 e. The van der Waals surface area contributed by atoms with Crippen molar-refractivity contribution in [2.45, 2.75) is 12.5 Å². The Morgan fingerprint density at radius 1 is 1.64 bits per heavy atom. The first kappa shape index (κ1) is 7.95. The van der Waals surface area contributed by atoms with Crippen LogP contribution < -0.4 is 0 Å². The topological polar surface area (TPSA) is 33.1 Å². The van der Waals surface area contributed by atoms with Crippen molar-refractivity contribution in [2.75, 3.05) is 0 Å².